The van der Waals surface area contributed by atoms with E-state index in [0.717, 1.165) is 6.04 Å². The van der Waals surface area contributed by atoms with Crippen molar-refractivity contribution in [1.82, 2.24) is 19.6 Å². The molecule has 0 aromatic heterocycles. The van der Waals surface area contributed by atoms with E-state index in [2.05, 4.69) is 40.7 Å². The number of nitrogens with zero attached hydrogens (tertiary/aromatic N) is 4. The standard InChI is InChI=1S/C8H16N2.2C6H13N/c1-9-5-6-10-4-2-3-8(10)7-9;2*1-7-5-3-2-4-6-7/h8H,2-7H2,1H3;2*2-6H2,1H3. The largest absolute Gasteiger partial charge is 0.306 e. The van der Waals surface area contributed by atoms with Gasteiger partial charge in [0.25, 0.3) is 0 Å². The van der Waals surface area contributed by atoms with Gasteiger partial charge in [-0.05, 0) is 92.4 Å². The average Bonchev–Trinajstić information content (AvgIpc) is 3.05. The first-order valence-corrected chi connectivity index (χ1v) is 10.4. The first kappa shape index (κ1) is 20.2. The van der Waals surface area contributed by atoms with Crippen molar-refractivity contribution in [1.29, 1.82) is 0 Å². The molecule has 1 atom stereocenters. The van der Waals surface area contributed by atoms with Gasteiger partial charge in [-0.3, -0.25) is 4.90 Å². The minimum Gasteiger partial charge on any atom is -0.306 e. The number of hydrogen-bond donors (Lipinski definition) is 0. The van der Waals surface area contributed by atoms with Crippen molar-refractivity contribution in [2.75, 3.05) is 73.5 Å². The molecule has 1 unspecified atom stereocenters. The molecule has 0 amide bonds. The lowest BCUT2D eigenvalue weighted by molar-refractivity contribution is 0.124. The summed E-state index contributed by atoms with van der Waals surface area (Å²) >= 11 is 0. The highest BCUT2D eigenvalue weighted by atomic mass is 15.3. The van der Waals surface area contributed by atoms with Gasteiger partial charge >= 0.3 is 0 Å². The van der Waals surface area contributed by atoms with Gasteiger partial charge in [0.2, 0.25) is 0 Å². The minimum atomic E-state index is 0.902. The summed E-state index contributed by atoms with van der Waals surface area (Å²) in [6, 6.07) is 0.902. The molecule has 4 nitrogen and oxygen atoms in total. The van der Waals surface area contributed by atoms with Gasteiger partial charge in [0.15, 0.2) is 0 Å². The Morgan fingerprint density at radius 2 is 1.04 bits per heavy atom. The Labute approximate surface area is 151 Å². The Bertz CT molecular complexity index is 295. The molecular formula is C20H42N4. The second-order valence-corrected chi connectivity index (χ2v) is 8.32. The first-order chi connectivity index (χ1) is 11.6. The maximum Gasteiger partial charge on any atom is 0.0224 e. The van der Waals surface area contributed by atoms with E-state index in [1.165, 1.54) is 104 Å². The molecule has 0 N–H and O–H groups in total. The van der Waals surface area contributed by atoms with Crippen LogP contribution in [0.2, 0.25) is 0 Å². The summed E-state index contributed by atoms with van der Waals surface area (Å²) in [6.07, 6.45) is 11.4. The van der Waals surface area contributed by atoms with E-state index in [0.29, 0.717) is 0 Å². The summed E-state index contributed by atoms with van der Waals surface area (Å²) in [5.41, 5.74) is 0. The van der Waals surface area contributed by atoms with Crippen LogP contribution in [0.3, 0.4) is 0 Å². The van der Waals surface area contributed by atoms with Crippen LogP contribution in [0.15, 0.2) is 0 Å². The third-order valence-electron chi connectivity index (χ3n) is 5.95. The van der Waals surface area contributed by atoms with Crippen LogP contribution in [0.4, 0.5) is 0 Å². The minimum absolute atomic E-state index is 0.902. The summed E-state index contributed by atoms with van der Waals surface area (Å²) < 4.78 is 0. The van der Waals surface area contributed by atoms with Crippen LogP contribution in [0.1, 0.15) is 51.4 Å². The van der Waals surface area contributed by atoms with Crippen molar-refractivity contribution in [3.05, 3.63) is 0 Å². The maximum atomic E-state index is 2.64. The third-order valence-corrected chi connectivity index (χ3v) is 5.95. The molecule has 0 radical (unpaired) electrons. The van der Waals surface area contributed by atoms with Crippen LogP contribution in [-0.4, -0.2) is 99.1 Å². The van der Waals surface area contributed by atoms with Crippen LogP contribution in [0, 0.1) is 0 Å². The van der Waals surface area contributed by atoms with Crippen molar-refractivity contribution in [2.24, 2.45) is 0 Å². The topological polar surface area (TPSA) is 13.0 Å². The highest BCUT2D eigenvalue weighted by Gasteiger charge is 2.28. The number of rotatable bonds is 0. The molecule has 0 spiro atoms. The summed E-state index contributed by atoms with van der Waals surface area (Å²) in [5, 5.41) is 0. The van der Waals surface area contributed by atoms with Crippen LogP contribution in [0.5, 0.6) is 0 Å². The zero-order valence-corrected chi connectivity index (χ0v) is 16.7. The number of likely N-dealkylation sites (tertiary alicyclic amines) is 2. The molecule has 0 saturated carbocycles. The molecule has 0 aromatic rings. The molecule has 4 fully saturated rings. The lowest BCUT2D eigenvalue weighted by Crippen LogP contribution is -2.48. The molecule has 0 bridgehead atoms. The molecule has 24 heavy (non-hydrogen) atoms. The van der Waals surface area contributed by atoms with Crippen LogP contribution in [0.25, 0.3) is 0 Å². The SMILES string of the molecule is CN1CCCCC1.CN1CCCCC1.CN1CCN2CCCC2C1. The summed E-state index contributed by atoms with van der Waals surface area (Å²) in [5.74, 6) is 0. The second-order valence-electron chi connectivity index (χ2n) is 8.32. The van der Waals surface area contributed by atoms with E-state index >= 15 is 0 Å². The first-order valence-electron chi connectivity index (χ1n) is 10.4. The molecule has 4 heterocycles. The van der Waals surface area contributed by atoms with Crippen molar-refractivity contribution < 1.29 is 0 Å². The monoisotopic (exact) mass is 338 g/mol. The third kappa shape index (κ3) is 7.81. The predicted molar refractivity (Wildman–Crippen MR) is 105 cm³/mol. The van der Waals surface area contributed by atoms with Gasteiger partial charge in [-0.15, -0.1) is 0 Å². The fraction of sp³-hybridized carbons (Fsp3) is 1.00. The van der Waals surface area contributed by atoms with Gasteiger partial charge < -0.3 is 14.7 Å². The predicted octanol–water partition coefficient (Wildman–Crippen LogP) is 2.60. The molecule has 4 aliphatic rings. The van der Waals surface area contributed by atoms with Gasteiger partial charge in [-0.25, -0.2) is 0 Å². The molecule has 4 aliphatic heterocycles. The molecule has 0 aliphatic carbocycles. The molecule has 4 heteroatoms. The van der Waals surface area contributed by atoms with Crippen molar-refractivity contribution in [2.45, 2.75) is 57.4 Å². The van der Waals surface area contributed by atoms with E-state index in [4.69, 9.17) is 0 Å². The lowest BCUT2D eigenvalue weighted by Gasteiger charge is -2.35. The Kier molecular flexibility index (Phi) is 9.62. The van der Waals surface area contributed by atoms with Crippen molar-refractivity contribution in [3.8, 4) is 0 Å². The quantitative estimate of drug-likeness (QED) is 0.673. The Balaban J connectivity index is 0.000000134. The Hall–Kier alpha value is -0.160. The normalized spacial score (nSPS) is 29.9. The van der Waals surface area contributed by atoms with Crippen LogP contribution >= 0.6 is 0 Å². The summed E-state index contributed by atoms with van der Waals surface area (Å²) in [6.45, 7) is 10.5. The van der Waals surface area contributed by atoms with Gasteiger partial charge in [-0.2, -0.15) is 0 Å². The van der Waals surface area contributed by atoms with Crippen molar-refractivity contribution in [3.63, 3.8) is 0 Å². The maximum absolute atomic E-state index is 2.64. The van der Waals surface area contributed by atoms with E-state index in [1.54, 1.807) is 0 Å². The molecule has 4 rings (SSSR count). The van der Waals surface area contributed by atoms with Crippen LogP contribution in [-0.2, 0) is 0 Å². The number of piperazine rings is 1. The highest BCUT2D eigenvalue weighted by Crippen LogP contribution is 2.20. The van der Waals surface area contributed by atoms with E-state index in [9.17, 15) is 0 Å². The molecule has 142 valence electrons. The van der Waals surface area contributed by atoms with Crippen LogP contribution < -0.4 is 0 Å². The molecule has 4 saturated heterocycles. The molecule has 0 aromatic carbocycles. The van der Waals surface area contributed by atoms with E-state index in [-0.39, 0.29) is 0 Å². The number of likely N-dealkylation sites (N-methyl/N-ethyl adjacent to an activating group) is 1. The highest BCUT2D eigenvalue weighted by molar-refractivity contribution is 4.85. The number of piperidine rings is 2. The fourth-order valence-corrected chi connectivity index (χ4v) is 4.25. The number of hydrogen-bond acceptors (Lipinski definition) is 4. The van der Waals surface area contributed by atoms with Gasteiger partial charge in [0, 0.05) is 25.7 Å². The fourth-order valence-electron chi connectivity index (χ4n) is 4.25. The average molecular weight is 339 g/mol. The Morgan fingerprint density at radius 3 is 1.50 bits per heavy atom. The Morgan fingerprint density at radius 1 is 0.500 bits per heavy atom. The van der Waals surface area contributed by atoms with E-state index < -0.39 is 0 Å². The zero-order chi connectivity index (χ0) is 17.2. The van der Waals surface area contributed by atoms with Crippen molar-refractivity contribution >= 4 is 0 Å². The smallest absolute Gasteiger partial charge is 0.0224 e. The van der Waals surface area contributed by atoms with Gasteiger partial charge in [0.05, 0.1) is 0 Å². The molecular weight excluding hydrogens is 296 g/mol. The van der Waals surface area contributed by atoms with Gasteiger partial charge in [-0.1, -0.05) is 12.8 Å². The van der Waals surface area contributed by atoms with Gasteiger partial charge in [0.1, 0.15) is 0 Å². The van der Waals surface area contributed by atoms with E-state index in [1.807, 2.05) is 0 Å². The zero-order valence-electron chi connectivity index (χ0n) is 16.7. The summed E-state index contributed by atoms with van der Waals surface area (Å²) in [7, 11) is 6.62. The number of fused-ring (bicyclic) bond motifs is 1. The summed E-state index contributed by atoms with van der Waals surface area (Å²) in [4.78, 5) is 9.87. The second kappa shape index (κ2) is 11.5. The lowest BCUT2D eigenvalue weighted by atomic mass is 10.1.